The van der Waals surface area contributed by atoms with Crippen molar-refractivity contribution >= 4 is 11.5 Å². The van der Waals surface area contributed by atoms with Crippen LogP contribution < -0.4 is 4.90 Å². The first kappa shape index (κ1) is 12.6. The number of pyridine rings is 1. The number of fused-ring (bicyclic) bond motifs is 3. The van der Waals surface area contributed by atoms with E-state index in [-0.39, 0.29) is 0 Å². The van der Waals surface area contributed by atoms with E-state index in [0.717, 1.165) is 49.6 Å². The maximum absolute atomic E-state index is 9.75. The summed E-state index contributed by atoms with van der Waals surface area (Å²) in [5.74, 6) is 0.950. The summed E-state index contributed by atoms with van der Waals surface area (Å²) in [6.07, 6.45) is 4.88. The van der Waals surface area contributed by atoms with Gasteiger partial charge in [0.25, 0.3) is 0 Å². The summed E-state index contributed by atoms with van der Waals surface area (Å²) in [4.78, 5) is 9.03. The standard InChI is InChI=1S/C15H18N6/c1-19-7-4-11-12(8-16)15(20-5-2-3-6-20)21-14(13(11)9-19)17-10-18-21/h10H,2-7,9H2,1H3. The molecule has 2 aromatic heterocycles. The van der Waals surface area contributed by atoms with Crippen LogP contribution in [0.2, 0.25) is 0 Å². The minimum Gasteiger partial charge on any atom is -0.355 e. The number of hydrogen-bond acceptors (Lipinski definition) is 5. The smallest absolute Gasteiger partial charge is 0.162 e. The van der Waals surface area contributed by atoms with E-state index in [4.69, 9.17) is 0 Å². The van der Waals surface area contributed by atoms with E-state index < -0.39 is 0 Å². The number of nitriles is 1. The molecule has 21 heavy (non-hydrogen) atoms. The lowest BCUT2D eigenvalue weighted by molar-refractivity contribution is 0.313. The third-order valence-corrected chi connectivity index (χ3v) is 4.60. The highest BCUT2D eigenvalue weighted by Crippen LogP contribution is 2.33. The zero-order valence-electron chi connectivity index (χ0n) is 12.2. The summed E-state index contributed by atoms with van der Waals surface area (Å²) in [7, 11) is 2.11. The van der Waals surface area contributed by atoms with E-state index in [1.807, 2.05) is 4.52 Å². The molecule has 108 valence electrons. The van der Waals surface area contributed by atoms with Crippen molar-refractivity contribution in [1.82, 2.24) is 19.5 Å². The van der Waals surface area contributed by atoms with Crippen LogP contribution in [-0.2, 0) is 13.0 Å². The van der Waals surface area contributed by atoms with Crippen molar-refractivity contribution in [3.05, 3.63) is 23.0 Å². The van der Waals surface area contributed by atoms with Crippen LogP contribution in [0.3, 0.4) is 0 Å². The highest BCUT2D eigenvalue weighted by atomic mass is 15.4. The molecule has 4 rings (SSSR count). The van der Waals surface area contributed by atoms with Crippen molar-refractivity contribution in [2.45, 2.75) is 25.8 Å². The molecule has 0 saturated carbocycles. The SMILES string of the molecule is CN1CCc2c(C#N)c(N3CCCC3)n3ncnc3c2C1. The van der Waals surface area contributed by atoms with Crippen LogP contribution in [0.25, 0.3) is 5.65 Å². The van der Waals surface area contributed by atoms with E-state index in [1.54, 1.807) is 6.33 Å². The molecule has 2 aliphatic rings. The summed E-state index contributed by atoms with van der Waals surface area (Å²) in [5.41, 5.74) is 4.06. The summed E-state index contributed by atoms with van der Waals surface area (Å²) in [5, 5.41) is 14.1. The van der Waals surface area contributed by atoms with Gasteiger partial charge in [0, 0.05) is 31.7 Å². The molecule has 0 unspecified atom stereocenters. The normalized spacial score (nSPS) is 19.0. The average molecular weight is 282 g/mol. The first-order valence-electron chi connectivity index (χ1n) is 7.50. The second-order valence-electron chi connectivity index (χ2n) is 5.94. The topological polar surface area (TPSA) is 60.5 Å². The van der Waals surface area contributed by atoms with Crippen molar-refractivity contribution in [1.29, 1.82) is 5.26 Å². The molecule has 0 radical (unpaired) electrons. The van der Waals surface area contributed by atoms with Crippen molar-refractivity contribution in [2.24, 2.45) is 0 Å². The van der Waals surface area contributed by atoms with Crippen molar-refractivity contribution in [3.8, 4) is 6.07 Å². The second kappa shape index (κ2) is 4.71. The van der Waals surface area contributed by atoms with Crippen LogP contribution in [-0.4, -0.2) is 46.2 Å². The van der Waals surface area contributed by atoms with Gasteiger partial charge in [-0.25, -0.2) is 4.98 Å². The molecule has 6 heteroatoms. The second-order valence-corrected chi connectivity index (χ2v) is 5.94. The van der Waals surface area contributed by atoms with E-state index in [2.05, 4.69) is 33.0 Å². The minimum absolute atomic E-state index is 0.804. The monoisotopic (exact) mass is 282 g/mol. The molecule has 0 N–H and O–H groups in total. The quantitative estimate of drug-likeness (QED) is 0.786. The molecular formula is C15H18N6. The van der Waals surface area contributed by atoms with Gasteiger partial charge in [-0.05, 0) is 31.9 Å². The first-order chi connectivity index (χ1) is 10.3. The van der Waals surface area contributed by atoms with Gasteiger partial charge >= 0.3 is 0 Å². The molecule has 0 bridgehead atoms. The van der Waals surface area contributed by atoms with Gasteiger partial charge in [0.15, 0.2) is 11.5 Å². The van der Waals surface area contributed by atoms with Gasteiger partial charge in [0.05, 0.1) is 5.56 Å². The first-order valence-corrected chi connectivity index (χ1v) is 7.50. The molecule has 1 saturated heterocycles. The number of hydrogen-bond donors (Lipinski definition) is 0. The molecule has 0 aliphatic carbocycles. The molecule has 2 aromatic rings. The van der Waals surface area contributed by atoms with Gasteiger partial charge < -0.3 is 9.80 Å². The Hall–Kier alpha value is -2.13. The highest BCUT2D eigenvalue weighted by Gasteiger charge is 2.28. The number of nitrogens with zero attached hydrogens (tertiary/aromatic N) is 6. The van der Waals surface area contributed by atoms with Crippen LogP contribution in [0.5, 0.6) is 0 Å². The maximum atomic E-state index is 9.75. The lowest BCUT2D eigenvalue weighted by atomic mass is 9.96. The Morgan fingerprint density at radius 1 is 1.19 bits per heavy atom. The molecule has 1 fully saturated rings. The summed E-state index contributed by atoms with van der Waals surface area (Å²) < 4.78 is 1.88. The van der Waals surface area contributed by atoms with Crippen LogP contribution in [0, 0.1) is 11.3 Å². The Morgan fingerprint density at radius 3 is 2.76 bits per heavy atom. The van der Waals surface area contributed by atoms with Gasteiger partial charge in [-0.3, -0.25) is 0 Å². The third-order valence-electron chi connectivity index (χ3n) is 4.60. The lowest BCUT2D eigenvalue weighted by Crippen LogP contribution is -2.30. The fourth-order valence-corrected chi connectivity index (χ4v) is 3.56. The summed E-state index contributed by atoms with van der Waals surface area (Å²) >= 11 is 0. The summed E-state index contributed by atoms with van der Waals surface area (Å²) in [6.45, 7) is 3.84. The lowest BCUT2D eigenvalue weighted by Gasteiger charge is -2.29. The van der Waals surface area contributed by atoms with E-state index >= 15 is 0 Å². The van der Waals surface area contributed by atoms with E-state index in [1.165, 1.54) is 24.0 Å². The molecule has 0 atom stereocenters. The highest BCUT2D eigenvalue weighted by molar-refractivity contribution is 5.69. The Morgan fingerprint density at radius 2 is 2.00 bits per heavy atom. The van der Waals surface area contributed by atoms with E-state index in [9.17, 15) is 5.26 Å². The molecule has 0 amide bonds. The molecule has 2 aliphatic heterocycles. The zero-order valence-corrected chi connectivity index (χ0v) is 12.2. The van der Waals surface area contributed by atoms with E-state index in [0.29, 0.717) is 0 Å². The minimum atomic E-state index is 0.804. The Labute approximate surface area is 123 Å². The predicted molar refractivity (Wildman–Crippen MR) is 79.2 cm³/mol. The van der Waals surface area contributed by atoms with Crippen molar-refractivity contribution < 1.29 is 0 Å². The largest absolute Gasteiger partial charge is 0.355 e. The van der Waals surface area contributed by atoms with Gasteiger partial charge in [0.1, 0.15) is 12.4 Å². The van der Waals surface area contributed by atoms with Gasteiger partial charge in [-0.1, -0.05) is 0 Å². The fraction of sp³-hybridized carbons (Fsp3) is 0.533. The van der Waals surface area contributed by atoms with Gasteiger partial charge in [0.2, 0.25) is 0 Å². The van der Waals surface area contributed by atoms with Crippen LogP contribution in [0.1, 0.15) is 29.5 Å². The fourth-order valence-electron chi connectivity index (χ4n) is 3.56. The zero-order chi connectivity index (χ0) is 14.4. The maximum Gasteiger partial charge on any atom is 0.162 e. The van der Waals surface area contributed by atoms with Crippen LogP contribution in [0.15, 0.2) is 6.33 Å². The number of likely N-dealkylation sites (N-methyl/N-ethyl adjacent to an activating group) is 1. The predicted octanol–water partition coefficient (Wildman–Crippen LogP) is 1.19. The van der Waals surface area contributed by atoms with Crippen LogP contribution >= 0.6 is 0 Å². The molecule has 0 aromatic carbocycles. The molecule has 6 nitrogen and oxygen atoms in total. The molecule has 4 heterocycles. The Balaban J connectivity index is 2.02. The molecule has 0 spiro atoms. The number of aromatic nitrogens is 3. The van der Waals surface area contributed by atoms with Crippen molar-refractivity contribution in [2.75, 3.05) is 31.6 Å². The van der Waals surface area contributed by atoms with Gasteiger partial charge in [-0.15, -0.1) is 0 Å². The Kier molecular flexibility index (Phi) is 2.82. The third kappa shape index (κ3) is 1.81. The number of anilines is 1. The number of rotatable bonds is 1. The Bertz CT molecular complexity index is 735. The van der Waals surface area contributed by atoms with Crippen molar-refractivity contribution in [3.63, 3.8) is 0 Å². The van der Waals surface area contributed by atoms with Crippen LogP contribution in [0.4, 0.5) is 5.82 Å². The molecular weight excluding hydrogens is 264 g/mol. The average Bonchev–Trinajstić information content (AvgIpc) is 3.17. The van der Waals surface area contributed by atoms with Gasteiger partial charge in [-0.2, -0.15) is 14.9 Å². The summed E-state index contributed by atoms with van der Waals surface area (Å²) in [6, 6.07) is 2.45.